The maximum Gasteiger partial charge on any atom is 0.0897 e. The van der Waals surface area contributed by atoms with Gasteiger partial charge in [-0.3, -0.25) is 4.90 Å². The van der Waals surface area contributed by atoms with Gasteiger partial charge in [-0.05, 0) is 33.2 Å². The van der Waals surface area contributed by atoms with Crippen molar-refractivity contribution in [1.82, 2.24) is 9.88 Å². The van der Waals surface area contributed by atoms with Crippen molar-refractivity contribution in [3.8, 4) is 0 Å². The Morgan fingerprint density at radius 2 is 2.50 bits per heavy atom. The predicted octanol–water partition coefficient (Wildman–Crippen LogP) is 2.61. The number of likely N-dealkylation sites (tertiary alicyclic amines) is 1. The molecule has 2 saturated heterocycles. The van der Waals surface area contributed by atoms with Crippen LogP contribution in [0.15, 0.2) is 5.38 Å². The molecule has 5 heteroatoms. The van der Waals surface area contributed by atoms with Crippen LogP contribution >= 0.6 is 11.3 Å². The molecule has 112 valence electrons. The molecule has 1 aromatic heterocycles. The van der Waals surface area contributed by atoms with Crippen molar-refractivity contribution in [2.75, 3.05) is 26.3 Å². The number of nitrogens with zero attached hydrogens (tertiary/aromatic N) is 2. The first-order chi connectivity index (χ1) is 9.69. The molecule has 0 bridgehead atoms. The average Bonchev–Trinajstić information content (AvgIpc) is 2.98. The number of rotatable bonds is 4. The van der Waals surface area contributed by atoms with Crippen molar-refractivity contribution >= 4 is 11.3 Å². The van der Waals surface area contributed by atoms with Gasteiger partial charge in [0.1, 0.15) is 0 Å². The van der Waals surface area contributed by atoms with E-state index in [0.29, 0.717) is 6.10 Å². The molecular formula is C15H24N2O2S. The fourth-order valence-electron chi connectivity index (χ4n) is 3.47. The summed E-state index contributed by atoms with van der Waals surface area (Å²) in [7, 11) is 0. The minimum absolute atomic E-state index is 0.0309. The molecule has 2 aliphatic rings. The molecule has 0 aliphatic carbocycles. The number of aromatic nitrogens is 1. The van der Waals surface area contributed by atoms with Crippen molar-refractivity contribution in [2.45, 2.75) is 51.4 Å². The number of hydrogen-bond acceptors (Lipinski definition) is 5. The number of ether oxygens (including phenoxy) is 2. The number of hydrogen-bond donors (Lipinski definition) is 0. The van der Waals surface area contributed by atoms with E-state index >= 15 is 0 Å². The zero-order valence-electron chi connectivity index (χ0n) is 12.4. The second kappa shape index (κ2) is 6.10. The lowest BCUT2D eigenvalue weighted by Crippen LogP contribution is -2.47. The third kappa shape index (κ3) is 3.22. The van der Waals surface area contributed by atoms with Gasteiger partial charge in [-0.15, -0.1) is 11.3 Å². The van der Waals surface area contributed by atoms with Crippen molar-refractivity contribution in [1.29, 1.82) is 0 Å². The first kappa shape index (κ1) is 14.4. The van der Waals surface area contributed by atoms with Crippen LogP contribution in [0.1, 0.15) is 36.9 Å². The Kier molecular flexibility index (Phi) is 4.40. The highest BCUT2D eigenvalue weighted by Crippen LogP contribution is 2.36. The summed E-state index contributed by atoms with van der Waals surface area (Å²) < 4.78 is 11.9. The van der Waals surface area contributed by atoms with E-state index in [2.05, 4.69) is 29.1 Å². The molecule has 0 amide bonds. The fraction of sp³-hybridized carbons (Fsp3) is 0.800. The highest BCUT2D eigenvalue weighted by atomic mass is 32.1. The Balaban J connectivity index is 1.59. The SMILES string of the molecule is CCOC1COC2(CCCN(Cc3csc(C)n3)C2)C1. The van der Waals surface area contributed by atoms with E-state index in [-0.39, 0.29) is 5.60 Å². The van der Waals surface area contributed by atoms with Crippen LogP contribution in [0.5, 0.6) is 0 Å². The van der Waals surface area contributed by atoms with Gasteiger partial charge in [0.05, 0.1) is 29.0 Å². The summed E-state index contributed by atoms with van der Waals surface area (Å²) in [6.45, 7) is 8.80. The topological polar surface area (TPSA) is 34.6 Å². The minimum atomic E-state index is 0.0309. The molecule has 2 unspecified atom stereocenters. The molecule has 1 aromatic rings. The van der Waals surface area contributed by atoms with Gasteiger partial charge < -0.3 is 9.47 Å². The lowest BCUT2D eigenvalue weighted by molar-refractivity contribution is -0.0547. The average molecular weight is 296 g/mol. The Labute approximate surface area is 125 Å². The lowest BCUT2D eigenvalue weighted by atomic mass is 9.89. The second-order valence-electron chi connectivity index (χ2n) is 5.95. The summed E-state index contributed by atoms with van der Waals surface area (Å²) in [5, 5.41) is 3.33. The fourth-order valence-corrected chi connectivity index (χ4v) is 4.07. The largest absolute Gasteiger partial charge is 0.376 e. The summed E-state index contributed by atoms with van der Waals surface area (Å²) in [5.41, 5.74) is 1.23. The molecule has 3 heterocycles. The molecule has 0 N–H and O–H groups in total. The Hall–Kier alpha value is -0.490. The Morgan fingerprint density at radius 3 is 3.25 bits per heavy atom. The van der Waals surface area contributed by atoms with Crippen LogP contribution in [0.2, 0.25) is 0 Å². The summed E-state index contributed by atoms with van der Waals surface area (Å²) >= 11 is 1.73. The summed E-state index contributed by atoms with van der Waals surface area (Å²) in [6.07, 6.45) is 3.72. The molecule has 1 spiro atoms. The number of piperidine rings is 1. The van der Waals surface area contributed by atoms with Crippen LogP contribution in [0.3, 0.4) is 0 Å². The maximum atomic E-state index is 6.14. The third-order valence-corrected chi connectivity index (χ3v) is 5.07. The molecular weight excluding hydrogens is 272 g/mol. The van der Waals surface area contributed by atoms with Crippen LogP contribution in [0.4, 0.5) is 0 Å². The Bertz CT molecular complexity index is 451. The molecule has 20 heavy (non-hydrogen) atoms. The summed E-state index contributed by atoms with van der Waals surface area (Å²) in [4.78, 5) is 7.07. The van der Waals surface area contributed by atoms with Crippen LogP contribution in [-0.2, 0) is 16.0 Å². The number of thiazole rings is 1. The first-order valence-corrected chi connectivity index (χ1v) is 8.46. The monoisotopic (exact) mass is 296 g/mol. The molecule has 2 fully saturated rings. The van der Waals surface area contributed by atoms with E-state index in [1.807, 2.05) is 0 Å². The van der Waals surface area contributed by atoms with E-state index in [4.69, 9.17) is 9.47 Å². The zero-order valence-corrected chi connectivity index (χ0v) is 13.2. The molecule has 0 saturated carbocycles. The van der Waals surface area contributed by atoms with Gasteiger partial charge in [0, 0.05) is 31.5 Å². The highest BCUT2D eigenvalue weighted by molar-refractivity contribution is 7.09. The van der Waals surface area contributed by atoms with E-state index in [0.717, 1.165) is 44.3 Å². The summed E-state index contributed by atoms with van der Waals surface area (Å²) in [5.74, 6) is 0. The van der Waals surface area contributed by atoms with Gasteiger partial charge in [-0.2, -0.15) is 0 Å². The van der Waals surface area contributed by atoms with Gasteiger partial charge in [0.2, 0.25) is 0 Å². The highest BCUT2D eigenvalue weighted by Gasteiger charge is 2.43. The molecule has 4 nitrogen and oxygen atoms in total. The van der Waals surface area contributed by atoms with Gasteiger partial charge in [0.15, 0.2) is 0 Å². The van der Waals surface area contributed by atoms with Gasteiger partial charge in [0.25, 0.3) is 0 Å². The second-order valence-corrected chi connectivity index (χ2v) is 7.01. The van der Waals surface area contributed by atoms with Crippen molar-refractivity contribution in [3.05, 3.63) is 16.1 Å². The van der Waals surface area contributed by atoms with Crippen LogP contribution < -0.4 is 0 Å². The van der Waals surface area contributed by atoms with Gasteiger partial charge >= 0.3 is 0 Å². The standard InChI is InChI=1S/C15H24N2O2S/c1-3-18-14-7-15(19-9-14)5-4-6-17(11-15)8-13-10-20-12(2)16-13/h10,14H,3-9,11H2,1-2H3. The molecule has 3 rings (SSSR count). The van der Waals surface area contributed by atoms with E-state index in [1.54, 1.807) is 11.3 Å². The number of aryl methyl sites for hydroxylation is 1. The van der Waals surface area contributed by atoms with Gasteiger partial charge in [-0.1, -0.05) is 0 Å². The normalized spacial score (nSPS) is 31.2. The zero-order chi connectivity index (χ0) is 14.0. The first-order valence-electron chi connectivity index (χ1n) is 7.58. The van der Waals surface area contributed by atoms with Crippen LogP contribution in [-0.4, -0.2) is 47.9 Å². The smallest absolute Gasteiger partial charge is 0.0897 e. The van der Waals surface area contributed by atoms with Crippen LogP contribution in [0.25, 0.3) is 0 Å². The summed E-state index contributed by atoms with van der Waals surface area (Å²) in [6, 6.07) is 0. The van der Waals surface area contributed by atoms with Gasteiger partial charge in [-0.25, -0.2) is 4.98 Å². The van der Waals surface area contributed by atoms with E-state index < -0.39 is 0 Å². The molecule has 0 aromatic carbocycles. The van der Waals surface area contributed by atoms with Crippen molar-refractivity contribution < 1.29 is 9.47 Å². The quantitative estimate of drug-likeness (QED) is 0.855. The van der Waals surface area contributed by atoms with Crippen molar-refractivity contribution in [2.24, 2.45) is 0 Å². The molecule has 0 radical (unpaired) electrons. The van der Waals surface area contributed by atoms with Crippen LogP contribution in [0, 0.1) is 6.92 Å². The minimum Gasteiger partial charge on any atom is -0.376 e. The molecule has 2 aliphatic heterocycles. The predicted molar refractivity (Wildman–Crippen MR) is 80.1 cm³/mol. The third-order valence-electron chi connectivity index (χ3n) is 4.25. The van der Waals surface area contributed by atoms with E-state index in [1.165, 1.54) is 18.5 Å². The maximum absolute atomic E-state index is 6.14. The van der Waals surface area contributed by atoms with E-state index in [9.17, 15) is 0 Å². The lowest BCUT2D eigenvalue weighted by Gasteiger charge is -2.39. The molecule has 2 atom stereocenters. The Morgan fingerprint density at radius 1 is 1.60 bits per heavy atom. The van der Waals surface area contributed by atoms with Crippen molar-refractivity contribution in [3.63, 3.8) is 0 Å².